The Bertz CT molecular complexity index is 474. The molecule has 0 aromatic heterocycles. The first-order chi connectivity index (χ1) is 8.83. The fourth-order valence-corrected chi connectivity index (χ4v) is 2.64. The Balaban J connectivity index is 1.95. The van der Waals surface area contributed by atoms with E-state index in [9.17, 15) is 4.79 Å². The van der Waals surface area contributed by atoms with Gasteiger partial charge in [0.1, 0.15) is 5.60 Å². The van der Waals surface area contributed by atoms with Crippen molar-refractivity contribution in [2.24, 2.45) is 5.92 Å². The molecule has 19 heavy (non-hydrogen) atoms. The fourth-order valence-electron chi connectivity index (χ4n) is 2.64. The van der Waals surface area contributed by atoms with Gasteiger partial charge in [-0.25, -0.2) is 0 Å². The molecule has 3 nitrogen and oxygen atoms in total. The van der Waals surface area contributed by atoms with Gasteiger partial charge in [-0.15, -0.1) is 0 Å². The Morgan fingerprint density at radius 2 is 2.11 bits per heavy atom. The Hall–Kier alpha value is -1.51. The summed E-state index contributed by atoms with van der Waals surface area (Å²) < 4.78 is 5.39. The van der Waals surface area contributed by atoms with Crippen LogP contribution in [0.2, 0.25) is 0 Å². The summed E-state index contributed by atoms with van der Waals surface area (Å²) in [6.07, 6.45) is 3.51. The normalized spacial score (nSPS) is 18.8. The number of carbonyl (C=O) groups is 1. The molecule has 0 fully saturated rings. The highest BCUT2D eigenvalue weighted by molar-refractivity contribution is 5.70. The van der Waals surface area contributed by atoms with Crippen LogP contribution in [0.3, 0.4) is 0 Å². The molecule has 0 amide bonds. The lowest BCUT2D eigenvalue weighted by Gasteiger charge is -2.26. The minimum atomic E-state index is -0.391. The molecular formula is C16H23NO2. The van der Waals surface area contributed by atoms with Crippen LogP contribution in [0.1, 0.15) is 44.7 Å². The van der Waals surface area contributed by atoms with E-state index >= 15 is 0 Å². The van der Waals surface area contributed by atoms with E-state index in [2.05, 4.69) is 12.1 Å². The first kappa shape index (κ1) is 13.9. The number of hydrogen-bond acceptors (Lipinski definition) is 3. The van der Waals surface area contributed by atoms with Gasteiger partial charge in [0.25, 0.3) is 0 Å². The van der Waals surface area contributed by atoms with Gasteiger partial charge in [0.2, 0.25) is 0 Å². The summed E-state index contributed by atoms with van der Waals surface area (Å²) in [4.78, 5) is 11.9. The number of nitrogens with two attached hydrogens (primary N) is 1. The number of esters is 1. The van der Waals surface area contributed by atoms with Crippen molar-refractivity contribution in [2.45, 2.75) is 52.1 Å². The molecule has 2 N–H and O–H groups in total. The van der Waals surface area contributed by atoms with E-state index in [1.165, 1.54) is 11.1 Å². The monoisotopic (exact) mass is 261 g/mol. The molecule has 0 unspecified atom stereocenters. The SMILES string of the molecule is CC(C)(C)OC(=O)C[C@H]1CCc2cc(N)ccc2C1. The fraction of sp³-hybridized carbons (Fsp3) is 0.562. The van der Waals surface area contributed by atoms with Crippen LogP contribution in [0, 0.1) is 5.92 Å². The molecule has 1 aliphatic carbocycles. The van der Waals surface area contributed by atoms with Crippen LogP contribution >= 0.6 is 0 Å². The largest absolute Gasteiger partial charge is 0.460 e. The van der Waals surface area contributed by atoms with E-state index in [-0.39, 0.29) is 5.97 Å². The molecule has 3 heteroatoms. The van der Waals surface area contributed by atoms with E-state index in [1.807, 2.05) is 26.8 Å². The van der Waals surface area contributed by atoms with Gasteiger partial charge in [-0.05, 0) is 69.2 Å². The maximum Gasteiger partial charge on any atom is 0.306 e. The van der Waals surface area contributed by atoms with Crippen LogP contribution in [0.25, 0.3) is 0 Å². The van der Waals surface area contributed by atoms with Gasteiger partial charge in [0.05, 0.1) is 0 Å². The van der Waals surface area contributed by atoms with Gasteiger partial charge >= 0.3 is 5.97 Å². The Morgan fingerprint density at radius 1 is 1.37 bits per heavy atom. The molecule has 0 aliphatic heterocycles. The van der Waals surface area contributed by atoms with E-state index in [4.69, 9.17) is 10.5 Å². The minimum absolute atomic E-state index is 0.0867. The second-order valence-electron chi connectivity index (χ2n) is 6.43. The summed E-state index contributed by atoms with van der Waals surface area (Å²) in [7, 11) is 0. The average molecular weight is 261 g/mol. The molecule has 1 aromatic rings. The summed E-state index contributed by atoms with van der Waals surface area (Å²) in [6, 6.07) is 6.08. The molecule has 2 rings (SSSR count). The predicted octanol–water partition coefficient (Wildman–Crippen LogP) is 3.11. The molecule has 1 atom stereocenters. The maximum absolute atomic E-state index is 11.9. The molecule has 0 saturated heterocycles. The second kappa shape index (κ2) is 5.24. The first-order valence-corrected chi connectivity index (χ1v) is 6.92. The topological polar surface area (TPSA) is 52.3 Å². The summed E-state index contributed by atoms with van der Waals surface area (Å²) >= 11 is 0. The molecular weight excluding hydrogens is 238 g/mol. The Kier molecular flexibility index (Phi) is 3.83. The van der Waals surface area contributed by atoms with Crippen LogP contribution in [0.15, 0.2) is 18.2 Å². The molecule has 104 valence electrons. The quantitative estimate of drug-likeness (QED) is 0.657. The highest BCUT2D eigenvalue weighted by atomic mass is 16.6. The van der Waals surface area contributed by atoms with Crippen LogP contribution < -0.4 is 5.73 Å². The zero-order chi connectivity index (χ0) is 14.0. The lowest BCUT2D eigenvalue weighted by Crippen LogP contribution is -2.26. The third-order valence-electron chi connectivity index (χ3n) is 3.44. The van der Waals surface area contributed by atoms with E-state index in [1.54, 1.807) is 0 Å². The van der Waals surface area contributed by atoms with Gasteiger partial charge < -0.3 is 10.5 Å². The third-order valence-corrected chi connectivity index (χ3v) is 3.44. The standard InChI is InChI=1S/C16H23NO2/c1-16(2,3)19-15(18)9-11-4-5-13-10-14(17)7-6-12(13)8-11/h6-7,10-11H,4-5,8-9,17H2,1-3H3/t11-/m0/s1. The number of nitrogen functional groups attached to an aromatic ring is 1. The number of aryl methyl sites for hydroxylation is 1. The van der Waals surface area contributed by atoms with Crippen molar-refractivity contribution >= 4 is 11.7 Å². The van der Waals surface area contributed by atoms with Gasteiger partial charge in [0, 0.05) is 12.1 Å². The molecule has 0 bridgehead atoms. The van der Waals surface area contributed by atoms with Crippen molar-refractivity contribution in [3.63, 3.8) is 0 Å². The van der Waals surface area contributed by atoms with Crippen molar-refractivity contribution in [1.29, 1.82) is 0 Å². The average Bonchev–Trinajstić information content (AvgIpc) is 2.26. The van der Waals surface area contributed by atoms with E-state index in [0.29, 0.717) is 12.3 Å². The summed E-state index contributed by atoms with van der Waals surface area (Å²) in [5, 5.41) is 0. The van der Waals surface area contributed by atoms with Crippen LogP contribution in [-0.2, 0) is 22.4 Å². The summed E-state index contributed by atoms with van der Waals surface area (Å²) in [6.45, 7) is 5.72. The zero-order valence-electron chi connectivity index (χ0n) is 12.0. The zero-order valence-corrected chi connectivity index (χ0v) is 12.0. The number of benzene rings is 1. The van der Waals surface area contributed by atoms with Crippen molar-refractivity contribution < 1.29 is 9.53 Å². The number of hydrogen-bond donors (Lipinski definition) is 1. The van der Waals surface area contributed by atoms with Crippen molar-refractivity contribution in [2.75, 3.05) is 5.73 Å². The lowest BCUT2D eigenvalue weighted by atomic mass is 9.82. The van der Waals surface area contributed by atoms with Gasteiger partial charge in [0.15, 0.2) is 0 Å². The molecule has 0 spiro atoms. The molecule has 0 radical (unpaired) electrons. The molecule has 1 aromatic carbocycles. The predicted molar refractivity (Wildman–Crippen MR) is 76.8 cm³/mol. The molecule has 1 aliphatic rings. The number of rotatable bonds is 2. The van der Waals surface area contributed by atoms with Crippen molar-refractivity contribution in [3.8, 4) is 0 Å². The van der Waals surface area contributed by atoms with Crippen molar-refractivity contribution in [3.05, 3.63) is 29.3 Å². The van der Waals surface area contributed by atoms with E-state index < -0.39 is 5.60 Å². The van der Waals surface area contributed by atoms with Crippen LogP contribution in [0.4, 0.5) is 5.69 Å². The third kappa shape index (κ3) is 3.98. The lowest BCUT2D eigenvalue weighted by molar-refractivity contribution is -0.156. The Labute approximate surface area is 115 Å². The number of fused-ring (bicyclic) bond motifs is 1. The highest BCUT2D eigenvalue weighted by Gasteiger charge is 2.24. The Morgan fingerprint density at radius 3 is 2.79 bits per heavy atom. The minimum Gasteiger partial charge on any atom is -0.460 e. The molecule has 0 heterocycles. The smallest absolute Gasteiger partial charge is 0.306 e. The number of ether oxygens (including phenoxy) is 1. The highest BCUT2D eigenvalue weighted by Crippen LogP contribution is 2.29. The number of anilines is 1. The van der Waals surface area contributed by atoms with Gasteiger partial charge in [-0.3, -0.25) is 4.79 Å². The first-order valence-electron chi connectivity index (χ1n) is 6.92. The maximum atomic E-state index is 11.9. The number of carbonyl (C=O) groups excluding carboxylic acids is 1. The van der Waals surface area contributed by atoms with Crippen molar-refractivity contribution in [1.82, 2.24) is 0 Å². The van der Waals surface area contributed by atoms with Crippen LogP contribution in [-0.4, -0.2) is 11.6 Å². The van der Waals surface area contributed by atoms with Gasteiger partial charge in [-0.1, -0.05) is 6.07 Å². The van der Waals surface area contributed by atoms with Gasteiger partial charge in [-0.2, -0.15) is 0 Å². The second-order valence-corrected chi connectivity index (χ2v) is 6.43. The summed E-state index contributed by atoms with van der Waals surface area (Å²) in [5.74, 6) is 0.308. The summed E-state index contributed by atoms with van der Waals surface area (Å²) in [5.41, 5.74) is 8.89. The van der Waals surface area contributed by atoms with Crippen LogP contribution in [0.5, 0.6) is 0 Å². The molecule has 0 saturated carbocycles. The van der Waals surface area contributed by atoms with E-state index in [0.717, 1.165) is 24.9 Å².